The number of hydrogen-bond donors (Lipinski definition) is 1. The van der Waals surface area contributed by atoms with Crippen LogP contribution < -0.4 is 5.32 Å². The lowest BCUT2D eigenvalue weighted by atomic mass is 9.91. The zero-order chi connectivity index (χ0) is 13.6. The minimum absolute atomic E-state index is 0.382. The second-order valence-corrected chi connectivity index (χ2v) is 6.01. The molecule has 1 N–H and O–H groups in total. The minimum Gasteiger partial charge on any atom is -0.300 e. The fourth-order valence-corrected chi connectivity index (χ4v) is 3.04. The first-order chi connectivity index (χ1) is 8.52. The van der Waals surface area contributed by atoms with E-state index in [-0.39, 0.29) is 5.54 Å². The number of nitriles is 1. The molecule has 1 aliphatic rings. The van der Waals surface area contributed by atoms with E-state index in [0.29, 0.717) is 12.1 Å². The highest BCUT2D eigenvalue weighted by molar-refractivity contribution is 5.05. The zero-order valence-electron chi connectivity index (χ0n) is 12.5. The number of likely N-dealkylation sites (tertiary alicyclic amines) is 1. The van der Waals surface area contributed by atoms with Crippen molar-refractivity contribution in [2.75, 3.05) is 13.1 Å². The van der Waals surface area contributed by atoms with E-state index in [9.17, 15) is 5.26 Å². The Morgan fingerprint density at radius 1 is 1.50 bits per heavy atom. The van der Waals surface area contributed by atoms with Gasteiger partial charge in [0.05, 0.1) is 6.07 Å². The summed E-state index contributed by atoms with van der Waals surface area (Å²) >= 11 is 0. The quantitative estimate of drug-likeness (QED) is 0.789. The maximum absolute atomic E-state index is 9.39. The molecule has 0 aromatic heterocycles. The molecule has 1 aliphatic heterocycles. The second kappa shape index (κ2) is 7.11. The van der Waals surface area contributed by atoms with Crippen molar-refractivity contribution in [1.29, 1.82) is 5.26 Å². The molecule has 3 atom stereocenters. The predicted octanol–water partition coefficient (Wildman–Crippen LogP) is 2.92. The summed E-state index contributed by atoms with van der Waals surface area (Å²) in [4.78, 5) is 2.58. The lowest BCUT2D eigenvalue weighted by Crippen LogP contribution is -2.50. The van der Waals surface area contributed by atoms with E-state index in [0.717, 1.165) is 19.4 Å². The van der Waals surface area contributed by atoms with Crippen molar-refractivity contribution in [3.05, 3.63) is 0 Å². The minimum atomic E-state index is -0.382. The topological polar surface area (TPSA) is 39.1 Å². The summed E-state index contributed by atoms with van der Waals surface area (Å²) in [5, 5.41) is 12.8. The Labute approximate surface area is 113 Å². The number of piperidine rings is 1. The Balaban J connectivity index is 2.55. The smallest absolute Gasteiger partial charge is 0.105 e. The van der Waals surface area contributed by atoms with Crippen LogP contribution in [0, 0.1) is 11.3 Å². The summed E-state index contributed by atoms with van der Waals surface area (Å²) in [6.45, 7) is 10.9. The summed E-state index contributed by atoms with van der Waals surface area (Å²) in [5.74, 6) is 0. The number of hydrogen-bond acceptors (Lipinski definition) is 3. The summed E-state index contributed by atoms with van der Waals surface area (Å²) in [7, 11) is 0. The third-order valence-corrected chi connectivity index (χ3v) is 4.14. The van der Waals surface area contributed by atoms with E-state index in [1.165, 1.54) is 25.8 Å². The van der Waals surface area contributed by atoms with Gasteiger partial charge in [0.15, 0.2) is 0 Å². The van der Waals surface area contributed by atoms with Crippen LogP contribution in [0.15, 0.2) is 0 Å². The highest BCUT2D eigenvalue weighted by Gasteiger charge is 2.30. The Morgan fingerprint density at radius 2 is 2.22 bits per heavy atom. The van der Waals surface area contributed by atoms with Crippen molar-refractivity contribution in [1.82, 2.24) is 10.2 Å². The third-order valence-electron chi connectivity index (χ3n) is 4.14. The van der Waals surface area contributed by atoms with Crippen molar-refractivity contribution in [3.63, 3.8) is 0 Å². The molecule has 0 amide bonds. The Bertz CT molecular complexity index is 284. The van der Waals surface area contributed by atoms with E-state index in [1.54, 1.807) is 0 Å². The van der Waals surface area contributed by atoms with E-state index in [1.807, 2.05) is 6.92 Å². The largest absolute Gasteiger partial charge is 0.300 e. The van der Waals surface area contributed by atoms with Gasteiger partial charge in [0.1, 0.15) is 5.54 Å². The molecule has 0 aromatic rings. The van der Waals surface area contributed by atoms with Crippen LogP contribution in [0.5, 0.6) is 0 Å². The predicted molar refractivity (Wildman–Crippen MR) is 76.4 cm³/mol. The van der Waals surface area contributed by atoms with Gasteiger partial charge in [-0.15, -0.1) is 0 Å². The molecule has 1 heterocycles. The molecule has 0 aliphatic carbocycles. The van der Waals surface area contributed by atoms with E-state index in [2.05, 4.69) is 37.1 Å². The zero-order valence-corrected chi connectivity index (χ0v) is 12.5. The molecule has 18 heavy (non-hydrogen) atoms. The summed E-state index contributed by atoms with van der Waals surface area (Å²) in [6.07, 6.45) is 5.95. The van der Waals surface area contributed by atoms with Crippen molar-refractivity contribution < 1.29 is 0 Å². The summed E-state index contributed by atoms with van der Waals surface area (Å²) < 4.78 is 0. The van der Waals surface area contributed by atoms with Gasteiger partial charge >= 0.3 is 0 Å². The summed E-state index contributed by atoms with van der Waals surface area (Å²) in [6, 6.07) is 3.61. The highest BCUT2D eigenvalue weighted by Crippen LogP contribution is 2.23. The molecule has 104 valence electrons. The highest BCUT2D eigenvalue weighted by atomic mass is 15.2. The lowest BCUT2D eigenvalue weighted by molar-refractivity contribution is 0.0973. The van der Waals surface area contributed by atoms with E-state index < -0.39 is 0 Å². The van der Waals surface area contributed by atoms with Gasteiger partial charge in [0, 0.05) is 12.1 Å². The van der Waals surface area contributed by atoms with Gasteiger partial charge in [-0.2, -0.15) is 5.26 Å². The van der Waals surface area contributed by atoms with Crippen LogP contribution in [0.2, 0.25) is 0 Å². The molecule has 0 bridgehead atoms. The summed E-state index contributed by atoms with van der Waals surface area (Å²) in [5.41, 5.74) is -0.382. The molecule has 0 spiro atoms. The third kappa shape index (κ3) is 4.26. The monoisotopic (exact) mass is 251 g/mol. The number of nitrogens with one attached hydrogen (secondary N) is 1. The van der Waals surface area contributed by atoms with Gasteiger partial charge in [-0.05, 0) is 59.5 Å². The van der Waals surface area contributed by atoms with Crippen molar-refractivity contribution in [2.45, 2.75) is 77.4 Å². The number of rotatable bonds is 6. The first-order valence-corrected chi connectivity index (χ1v) is 7.44. The molecule has 1 fully saturated rings. The van der Waals surface area contributed by atoms with Gasteiger partial charge in [0.25, 0.3) is 0 Å². The van der Waals surface area contributed by atoms with E-state index in [4.69, 9.17) is 0 Å². The van der Waals surface area contributed by atoms with E-state index >= 15 is 0 Å². The molecule has 1 rings (SSSR count). The maximum atomic E-state index is 9.39. The van der Waals surface area contributed by atoms with Crippen LogP contribution >= 0.6 is 0 Å². The molecule has 3 unspecified atom stereocenters. The van der Waals surface area contributed by atoms with Gasteiger partial charge in [-0.3, -0.25) is 10.2 Å². The maximum Gasteiger partial charge on any atom is 0.105 e. The van der Waals surface area contributed by atoms with Crippen LogP contribution in [0.4, 0.5) is 0 Å². The normalized spacial score (nSPS) is 26.3. The fraction of sp³-hybridized carbons (Fsp3) is 0.933. The molecule has 0 saturated carbocycles. The molecule has 0 aromatic carbocycles. The van der Waals surface area contributed by atoms with Crippen molar-refractivity contribution >= 4 is 0 Å². The Kier molecular flexibility index (Phi) is 6.11. The van der Waals surface area contributed by atoms with Gasteiger partial charge in [-0.1, -0.05) is 13.3 Å². The number of nitrogens with zero attached hydrogens (tertiary/aromatic N) is 2. The standard InChI is InChI=1S/C15H29N3/c1-5-9-17-15(4,12-16)11-14(3)18-10-7-6-8-13(18)2/h13-14,17H,5-11H2,1-4H3. The molecule has 3 heteroatoms. The van der Waals surface area contributed by atoms with Crippen LogP contribution in [0.3, 0.4) is 0 Å². The van der Waals surface area contributed by atoms with Crippen LogP contribution in [-0.2, 0) is 0 Å². The van der Waals surface area contributed by atoms with Crippen LogP contribution in [0.1, 0.15) is 59.8 Å². The fourth-order valence-electron chi connectivity index (χ4n) is 3.04. The Hall–Kier alpha value is -0.590. The molecule has 0 radical (unpaired) electrons. The second-order valence-electron chi connectivity index (χ2n) is 6.01. The van der Waals surface area contributed by atoms with Gasteiger partial charge in [0.2, 0.25) is 0 Å². The molecular formula is C15H29N3. The average molecular weight is 251 g/mol. The SMILES string of the molecule is CCCNC(C)(C#N)CC(C)N1CCCCC1C. The van der Waals surface area contributed by atoms with Crippen molar-refractivity contribution in [3.8, 4) is 6.07 Å². The van der Waals surface area contributed by atoms with Crippen LogP contribution in [0.25, 0.3) is 0 Å². The van der Waals surface area contributed by atoms with Crippen molar-refractivity contribution in [2.24, 2.45) is 0 Å². The molecule has 1 saturated heterocycles. The van der Waals surface area contributed by atoms with Gasteiger partial charge < -0.3 is 0 Å². The lowest BCUT2D eigenvalue weighted by Gasteiger charge is -2.40. The first-order valence-electron chi connectivity index (χ1n) is 7.44. The van der Waals surface area contributed by atoms with Gasteiger partial charge in [-0.25, -0.2) is 0 Å². The van der Waals surface area contributed by atoms with Crippen LogP contribution in [-0.4, -0.2) is 35.6 Å². The molecule has 3 nitrogen and oxygen atoms in total. The average Bonchev–Trinajstić information content (AvgIpc) is 2.37. The molecular weight excluding hydrogens is 222 g/mol. The Morgan fingerprint density at radius 3 is 2.78 bits per heavy atom. The first kappa shape index (κ1) is 15.5.